The molecule has 0 atom stereocenters. The Labute approximate surface area is 109 Å². The average Bonchev–Trinajstić information content (AvgIpc) is 2.82. The number of nitrogens with two attached hydrogens (primary N) is 1. The number of nitrogens with one attached hydrogen (secondary N) is 1. The third-order valence-electron chi connectivity index (χ3n) is 2.51. The van der Waals surface area contributed by atoms with E-state index < -0.39 is 5.97 Å². The Morgan fingerprint density at radius 3 is 2.95 bits per heavy atom. The number of para-hydroxylation sites is 1. The molecule has 19 heavy (non-hydrogen) atoms. The summed E-state index contributed by atoms with van der Waals surface area (Å²) in [5.41, 5.74) is 7.15. The summed E-state index contributed by atoms with van der Waals surface area (Å²) in [5.74, 6) is 0.531. The molecule has 0 radical (unpaired) electrons. The van der Waals surface area contributed by atoms with Gasteiger partial charge in [-0.2, -0.15) is 4.98 Å². The van der Waals surface area contributed by atoms with E-state index in [0.29, 0.717) is 35.2 Å². The number of carbonyl (C=O) groups is 1. The lowest BCUT2D eigenvalue weighted by Gasteiger charge is -2.10. The smallest absolute Gasteiger partial charge is 0.340 e. The quantitative estimate of drug-likeness (QED) is 0.633. The molecule has 2 aromatic rings. The first-order valence-corrected chi connectivity index (χ1v) is 5.61. The molecule has 7 nitrogen and oxygen atoms in total. The van der Waals surface area contributed by atoms with Crippen LogP contribution in [0.4, 0.5) is 11.4 Å². The van der Waals surface area contributed by atoms with Crippen LogP contribution in [0, 0.1) is 6.92 Å². The van der Waals surface area contributed by atoms with Crippen molar-refractivity contribution >= 4 is 17.3 Å². The van der Waals surface area contributed by atoms with E-state index in [1.807, 2.05) is 0 Å². The van der Waals surface area contributed by atoms with Crippen LogP contribution < -0.4 is 11.1 Å². The summed E-state index contributed by atoms with van der Waals surface area (Å²) in [7, 11) is 1.31. The number of esters is 1. The van der Waals surface area contributed by atoms with Gasteiger partial charge in [0.2, 0.25) is 5.89 Å². The maximum absolute atomic E-state index is 11.5. The third-order valence-corrected chi connectivity index (χ3v) is 2.51. The fraction of sp³-hybridized carbons (Fsp3) is 0.250. The Hall–Kier alpha value is -2.57. The third kappa shape index (κ3) is 2.82. The van der Waals surface area contributed by atoms with E-state index in [1.54, 1.807) is 25.1 Å². The number of anilines is 2. The minimum atomic E-state index is -0.477. The number of hydrogen-bond donors (Lipinski definition) is 2. The first-order valence-electron chi connectivity index (χ1n) is 5.61. The van der Waals surface area contributed by atoms with Crippen molar-refractivity contribution in [2.24, 2.45) is 0 Å². The summed E-state index contributed by atoms with van der Waals surface area (Å²) >= 11 is 0. The van der Waals surface area contributed by atoms with Crippen LogP contribution in [0.2, 0.25) is 0 Å². The highest BCUT2D eigenvalue weighted by Gasteiger charge is 2.13. The zero-order valence-electron chi connectivity index (χ0n) is 10.6. The highest BCUT2D eigenvalue weighted by atomic mass is 16.5. The second kappa shape index (κ2) is 5.38. The molecule has 0 saturated carbocycles. The molecule has 1 aromatic carbocycles. The zero-order valence-corrected chi connectivity index (χ0v) is 10.6. The molecule has 100 valence electrons. The van der Waals surface area contributed by atoms with Gasteiger partial charge < -0.3 is 20.3 Å². The van der Waals surface area contributed by atoms with Crippen LogP contribution in [-0.2, 0) is 11.3 Å². The van der Waals surface area contributed by atoms with Crippen molar-refractivity contribution < 1.29 is 14.1 Å². The van der Waals surface area contributed by atoms with Gasteiger partial charge in [0.25, 0.3) is 0 Å². The van der Waals surface area contributed by atoms with Gasteiger partial charge in [0.1, 0.15) is 0 Å². The molecule has 0 unspecified atom stereocenters. The number of nitrogen functional groups attached to an aromatic ring is 1. The van der Waals surface area contributed by atoms with Gasteiger partial charge in [0.05, 0.1) is 30.6 Å². The van der Waals surface area contributed by atoms with E-state index in [4.69, 9.17) is 10.3 Å². The van der Waals surface area contributed by atoms with Crippen molar-refractivity contribution in [2.45, 2.75) is 13.5 Å². The first-order chi connectivity index (χ1) is 9.11. The van der Waals surface area contributed by atoms with Crippen LogP contribution >= 0.6 is 0 Å². The van der Waals surface area contributed by atoms with Gasteiger partial charge in [-0.15, -0.1) is 0 Å². The predicted molar refractivity (Wildman–Crippen MR) is 68.6 cm³/mol. The topological polar surface area (TPSA) is 103 Å². The number of aromatic nitrogens is 2. The van der Waals surface area contributed by atoms with Crippen molar-refractivity contribution in [3.63, 3.8) is 0 Å². The van der Waals surface area contributed by atoms with Gasteiger partial charge >= 0.3 is 5.97 Å². The van der Waals surface area contributed by atoms with Crippen molar-refractivity contribution in [1.82, 2.24) is 10.1 Å². The van der Waals surface area contributed by atoms with E-state index in [9.17, 15) is 4.79 Å². The maximum atomic E-state index is 11.5. The van der Waals surface area contributed by atoms with Crippen LogP contribution in [-0.4, -0.2) is 23.2 Å². The summed E-state index contributed by atoms with van der Waals surface area (Å²) < 4.78 is 9.62. The van der Waals surface area contributed by atoms with Crippen molar-refractivity contribution in [2.75, 3.05) is 18.2 Å². The summed E-state index contributed by atoms with van der Waals surface area (Å²) in [6.07, 6.45) is 0. The standard InChI is InChI=1S/C12H14N4O3/c1-7-15-10(19-16-7)6-14-9-5-3-4-8(11(9)13)12(17)18-2/h3-5,14H,6,13H2,1-2H3. The van der Waals surface area contributed by atoms with Gasteiger partial charge in [0.15, 0.2) is 5.82 Å². The first kappa shape index (κ1) is 12.9. The zero-order chi connectivity index (χ0) is 13.8. The Morgan fingerprint density at radius 2 is 2.32 bits per heavy atom. The molecule has 0 fully saturated rings. The highest BCUT2D eigenvalue weighted by Crippen LogP contribution is 2.23. The fourth-order valence-electron chi connectivity index (χ4n) is 1.59. The molecule has 0 spiro atoms. The molecule has 0 aliphatic rings. The minimum Gasteiger partial charge on any atom is -0.465 e. The molecular weight excluding hydrogens is 248 g/mol. The summed E-state index contributed by atoms with van der Waals surface area (Å²) in [6.45, 7) is 2.06. The average molecular weight is 262 g/mol. The summed E-state index contributed by atoms with van der Waals surface area (Å²) in [4.78, 5) is 15.5. The number of nitrogens with zero attached hydrogens (tertiary/aromatic N) is 2. The Kier molecular flexibility index (Phi) is 3.65. The van der Waals surface area contributed by atoms with E-state index in [1.165, 1.54) is 7.11 Å². The molecule has 0 aliphatic carbocycles. The van der Waals surface area contributed by atoms with E-state index in [2.05, 4.69) is 20.2 Å². The number of hydrogen-bond acceptors (Lipinski definition) is 7. The van der Waals surface area contributed by atoms with Gasteiger partial charge in [-0.25, -0.2) is 4.79 Å². The summed E-state index contributed by atoms with van der Waals surface area (Å²) in [5, 5.41) is 6.71. The molecule has 0 amide bonds. The number of rotatable bonds is 4. The largest absolute Gasteiger partial charge is 0.465 e. The van der Waals surface area contributed by atoms with E-state index >= 15 is 0 Å². The highest BCUT2D eigenvalue weighted by molar-refractivity contribution is 5.98. The molecule has 0 aliphatic heterocycles. The number of methoxy groups -OCH3 is 1. The number of aryl methyl sites for hydroxylation is 1. The van der Waals surface area contributed by atoms with Crippen LogP contribution in [0.5, 0.6) is 0 Å². The number of carbonyl (C=O) groups excluding carboxylic acids is 1. The Bertz CT molecular complexity index is 594. The summed E-state index contributed by atoms with van der Waals surface area (Å²) in [6, 6.07) is 5.07. The van der Waals surface area contributed by atoms with E-state index in [0.717, 1.165) is 0 Å². The molecule has 0 saturated heterocycles. The van der Waals surface area contributed by atoms with Crippen molar-refractivity contribution in [3.8, 4) is 0 Å². The molecular formula is C12H14N4O3. The van der Waals surface area contributed by atoms with Crippen LogP contribution in [0.15, 0.2) is 22.7 Å². The van der Waals surface area contributed by atoms with Crippen LogP contribution in [0.3, 0.4) is 0 Å². The predicted octanol–water partition coefficient (Wildman–Crippen LogP) is 1.36. The molecule has 1 aromatic heterocycles. The fourth-order valence-corrected chi connectivity index (χ4v) is 1.59. The van der Waals surface area contributed by atoms with Gasteiger partial charge in [-0.05, 0) is 19.1 Å². The minimum absolute atomic E-state index is 0.314. The Balaban J connectivity index is 2.14. The lowest BCUT2D eigenvalue weighted by atomic mass is 10.1. The number of ether oxygens (including phenoxy) is 1. The molecule has 7 heteroatoms. The van der Waals surface area contributed by atoms with Crippen molar-refractivity contribution in [3.05, 3.63) is 35.5 Å². The number of benzene rings is 1. The van der Waals surface area contributed by atoms with Gasteiger partial charge in [-0.3, -0.25) is 0 Å². The van der Waals surface area contributed by atoms with Gasteiger partial charge in [-0.1, -0.05) is 11.2 Å². The SMILES string of the molecule is COC(=O)c1cccc(NCc2nc(C)no2)c1N. The molecule has 0 bridgehead atoms. The van der Waals surface area contributed by atoms with Crippen molar-refractivity contribution in [1.29, 1.82) is 0 Å². The van der Waals surface area contributed by atoms with Crippen LogP contribution in [0.1, 0.15) is 22.1 Å². The monoisotopic (exact) mass is 262 g/mol. The lowest BCUT2D eigenvalue weighted by Crippen LogP contribution is -2.09. The maximum Gasteiger partial charge on any atom is 0.340 e. The van der Waals surface area contributed by atoms with Gasteiger partial charge in [0, 0.05) is 0 Å². The molecule has 1 heterocycles. The second-order valence-corrected chi connectivity index (χ2v) is 3.85. The molecule has 2 rings (SSSR count). The van der Waals surface area contributed by atoms with E-state index in [-0.39, 0.29) is 0 Å². The second-order valence-electron chi connectivity index (χ2n) is 3.85. The lowest BCUT2D eigenvalue weighted by molar-refractivity contribution is 0.0602. The molecule has 3 N–H and O–H groups in total. The Morgan fingerprint density at radius 1 is 1.53 bits per heavy atom. The van der Waals surface area contributed by atoms with Crippen LogP contribution in [0.25, 0.3) is 0 Å². The normalized spacial score (nSPS) is 10.2.